The number of aromatic nitrogens is 2. The number of hydrogen-bond donors (Lipinski definition) is 6. The molecule has 1 saturated heterocycles. The second-order valence-corrected chi connectivity index (χ2v) is 12.7. The molecule has 0 bridgehead atoms. The summed E-state index contributed by atoms with van der Waals surface area (Å²) < 4.78 is 0. The molecule has 38 heavy (non-hydrogen) atoms. The highest BCUT2D eigenvalue weighted by atomic mass is 31.2. The molecule has 3 fully saturated rings. The summed E-state index contributed by atoms with van der Waals surface area (Å²) >= 11 is 0. The summed E-state index contributed by atoms with van der Waals surface area (Å²) in [5, 5.41) is 10.9. The quantitative estimate of drug-likeness (QED) is 0.152. The third-order valence-corrected chi connectivity index (χ3v) is 9.16. The number of nitrogens with one attached hydrogen (secondary N) is 3. The van der Waals surface area contributed by atoms with Crippen LogP contribution < -0.4 is 26.6 Å². The van der Waals surface area contributed by atoms with E-state index in [1.54, 1.807) is 0 Å². The van der Waals surface area contributed by atoms with Gasteiger partial charge in [-0.15, -0.1) is 0 Å². The first kappa shape index (κ1) is 29.7. The van der Waals surface area contributed by atoms with Crippen LogP contribution in [0.5, 0.6) is 0 Å². The smallest absolute Gasteiger partial charge is 0.226 e. The van der Waals surface area contributed by atoms with E-state index in [2.05, 4.69) is 30.7 Å². The van der Waals surface area contributed by atoms with Crippen molar-refractivity contribution >= 4 is 26.0 Å². The van der Waals surface area contributed by atoms with Crippen LogP contribution in [0.25, 0.3) is 0 Å². The van der Waals surface area contributed by atoms with Gasteiger partial charge >= 0.3 is 0 Å². The van der Waals surface area contributed by atoms with E-state index in [0.717, 1.165) is 76.7 Å². The molecule has 216 valence electrons. The summed E-state index contributed by atoms with van der Waals surface area (Å²) in [4.78, 5) is 32.0. The molecule has 2 aliphatic carbocycles. The number of rotatable bonds is 14. The van der Waals surface area contributed by atoms with Crippen LogP contribution in [0.2, 0.25) is 0 Å². The molecule has 0 amide bonds. The van der Waals surface area contributed by atoms with Gasteiger partial charge in [-0.05, 0) is 76.4 Å². The maximum atomic E-state index is 9.17. The summed E-state index contributed by atoms with van der Waals surface area (Å²) in [6.45, 7) is 8.50. The molecule has 11 heteroatoms. The van der Waals surface area contributed by atoms with Crippen molar-refractivity contribution < 1.29 is 9.79 Å². The lowest BCUT2D eigenvalue weighted by Gasteiger charge is -2.35. The van der Waals surface area contributed by atoms with Crippen molar-refractivity contribution in [1.82, 2.24) is 25.5 Å². The first-order valence-corrected chi connectivity index (χ1v) is 16.4. The van der Waals surface area contributed by atoms with E-state index in [4.69, 9.17) is 20.5 Å². The third kappa shape index (κ3) is 10.4. The van der Waals surface area contributed by atoms with Crippen LogP contribution in [0.4, 0.5) is 17.6 Å². The number of hydrogen-bond acceptors (Lipinski definition) is 10. The summed E-state index contributed by atoms with van der Waals surface area (Å²) in [5.74, 6) is 3.45. The molecular weight excluding hydrogens is 499 g/mol. The van der Waals surface area contributed by atoms with E-state index >= 15 is 0 Å². The number of anilines is 3. The summed E-state index contributed by atoms with van der Waals surface area (Å²) in [7, 11) is -1.82. The fourth-order valence-electron chi connectivity index (χ4n) is 6.13. The topological polar surface area (TPSA) is 135 Å². The molecular formula is C27H51N8O2P. The molecule has 2 heterocycles. The molecule has 0 aromatic carbocycles. The standard InChI is InChI=1S/C27H51N8O2P/c28-25-19-26(35-15-13-34(14-16-35)17-18-38(36)37)33-27(32-25)31-21-23-9-7-22(8-10-23)20-29-11-4-12-30-24-5-2-1-3-6-24/h19,22-24,29-30,36-37H,1-18,20-21H2,(H3,28,31,32,33). The summed E-state index contributed by atoms with van der Waals surface area (Å²) in [5.41, 5.74) is 6.12. The first-order valence-electron chi connectivity index (χ1n) is 15.0. The number of nitrogens with zero attached hydrogens (tertiary/aromatic N) is 4. The zero-order chi connectivity index (χ0) is 26.6. The van der Waals surface area contributed by atoms with Crippen LogP contribution >= 0.6 is 8.38 Å². The van der Waals surface area contributed by atoms with Crippen molar-refractivity contribution in [2.75, 3.05) is 81.0 Å². The number of nitrogen functional groups attached to an aromatic ring is 1. The number of nitrogens with two attached hydrogens (primary N) is 1. The van der Waals surface area contributed by atoms with Crippen molar-refractivity contribution in [3.05, 3.63) is 6.07 Å². The lowest BCUT2D eigenvalue weighted by atomic mass is 9.82. The van der Waals surface area contributed by atoms with Gasteiger partial charge < -0.3 is 36.4 Å². The van der Waals surface area contributed by atoms with E-state index in [0.29, 0.717) is 23.8 Å². The second kappa shape index (κ2) is 16.1. The van der Waals surface area contributed by atoms with Gasteiger partial charge in [0, 0.05) is 57.5 Å². The van der Waals surface area contributed by atoms with Gasteiger partial charge in [-0.25, -0.2) is 0 Å². The molecule has 1 aliphatic heterocycles. The molecule has 0 radical (unpaired) electrons. The van der Waals surface area contributed by atoms with Gasteiger partial charge in [0.25, 0.3) is 0 Å². The van der Waals surface area contributed by atoms with Crippen LogP contribution in [0, 0.1) is 11.8 Å². The molecule has 1 aromatic heterocycles. The van der Waals surface area contributed by atoms with Gasteiger partial charge in [-0.1, -0.05) is 19.3 Å². The monoisotopic (exact) mass is 550 g/mol. The highest BCUT2D eigenvalue weighted by molar-refractivity contribution is 7.45. The Hall–Kier alpha value is -1.29. The minimum atomic E-state index is -1.82. The van der Waals surface area contributed by atoms with Gasteiger partial charge in [0.1, 0.15) is 11.6 Å². The minimum Gasteiger partial charge on any atom is -0.383 e. The maximum absolute atomic E-state index is 9.17. The van der Waals surface area contributed by atoms with Gasteiger partial charge in [0.2, 0.25) is 5.95 Å². The van der Waals surface area contributed by atoms with E-state index in [9.17, 15) is 0 Å². The number of piperazine rings is 1. The Morgan fingerprint density at radius 1 is 0.895 bits per heavy atom. The molecule has 7 N–H and O–H groups in total. The molecule has 0 atom stereocenters. The second-order valence-electron chi connectivity index (χ2n) is 11.5. The highest BCUT2D eigenvalue weighted by Gasteiger charge is 2.22. The molecule has 3 aliphatic rings. The Labute approximate surface area is 230 Å². The summed E-state index contributed by atoms with van der Waals surface area (Å²) in [6.07, 6.45) is 13.7. The van der Waals surface area contributed by atoms with Gasteiger partial charge in [-0.2, -0.15) is 9.97 Å². The average Bonchev–Trinajstić information content (AvgIpc) is 2.94. The Morgan fingerprint density at radius 3 is 2.32 bits per heavy atom. The Morgan fingerprint density at radius 2 is 1.61 bits per heavy atom. The van der Waals surface area contributed by atoms with Gasteiger partial charge in [0.05, 0.1) is 0 Å². The van der Waals surface area contributed by atoms with E-state index in [-0.39, 0.29) is 0 Å². The Bertz CT molecular complexity index is 797. The fraction of sp³-hybridized carbons (Fsp3) is 0.852. The zero-order valence-electron chi connectivity index (χ0n) is 23.2. The van der Waals surface area contributed by atoms with Crippen LogP contribution in [0.1, 0.15) is 64.2 Å². The predicted molar refractivity (Wildman–Crippen MR) is 158 cm³/mol. The van der Waals surface area contributed by atoms with Gasteiger partial charge in [-0.3, -0.25) is 4.90 Å². The van der Waals surface area contributed by atoms with Crippen molar-refractivity contribution in [3.63, 3.8) is 0 Å². The fourth-order valence-corrected chi connectivity index (χ4v) is 6.59. The molecule has 10 nitrogen and oxygen atoms in total. The zero-order valence-corrected chi connectivity index (χ0v) is 24.1. The van der Waals surface area contributed by atoms with E-state index < -0.39 is 8.38 Å². The van der Waals surface area contributed by atoms with E-state index in [1.165, 1.54) is 64.2 Å². The normalized spacial score (nSPS) is 23.7. The molecule has 1 aromatic rings. The van der Waals surface area contributed by atoms with Crippen molar-refractivity contribution in [2.24, 2.45) is 11.8 Å². The Kier molecular flexibility index (Phi) is 12.6. The first-order chi connectivity index (χ1) is 18.5. The third-order valence-electron chi connectivity index (χ3n) is 8.56. The largest absolute Gasteiger partial charge is 0.383 e. The van der Waals surface area contributed by atoms with Crippen molar-refractivity contribution in [1.29, 1.82) is 0 Å². The summed E-state index contributed by atoms with van der Waals surface area (Å²) in [6, 6.07) is 2.62. The SMILES string of the molecule is Nc1cc(N2CCN(CCP(O)O)CC2)nc(NCC2CCC(CNCCCNC3CCCCC3)CC2)n1. The molecule has 0 unspecified atom stereocenters. The lowest BCUT2D eigenvalue weighted by molar-refractivity contribution is 0.269. The highest BCUT2D eigenvalue weighted by Crippen LogP contribution is 2.29. The molecule has 4 rings (SSSR count). The van der Waals surface area contributed by atoms with Crippen molar-refractivity contribution in [2.45, 2.75) is 70.3 Å². The van der Waals surface area contributed by atoms with Crippen molar-refractivity contribution in [3.8, 4) is 0 Å². The lowest BCUT2D eigenvalue weighted by Crippen LogP contribution is -2.47. The van der Waals surface area contributed by atoms with Crippen LogP contribution in [-0.4, -0.2) is 95.8 Å². The van der Waals surface area contributed by atoms with Gasteiger partial charge in [0.15, 0.2) is 8.38 Å². The molecule has 2 saturated carbocycles. The van der Waals surface area contributed by atoms with Crippen LogP contribution in [0.15, 0.2) is 6.07 Å². The van der Waals surface area contributed by atoms with Crippen LogP contribution in [-0.2, 0) is 0 Å². The predicted octanol–water partition coefficient (Wildman–Crippen LogP) is 2.60. The maximum Gasteiger partial charge on any atom is 0.226 e. The van der Waals surface area contributed by atoms with E-state index in [1.807, 2.05) is 6.07 Å². The van der Waals surface area contributed by atoms with Crippen LogP contribution in [0.3, 0.4) is 0 Å². The Balaban J connectivity index is 1.08. The minimum absolute atomic E-state index is 0.445. The average molecular weight is 551 g/mol. The molecule has 0 spiro atoms.